The van der Waals surface area contributed by atoms with Gasteiger partial charge in [-0.3, -0.25) is 0 Å². The fourth-order valence-electron chi connectivity index (χ4n) is 1.66. The number of hydrogen-bond acceptors (Lipinski definition) is 2. The molecule has 4 heteroatoms. The van der Waals surface area contributed by atoms with E-state index in [1.807, 2.05) is 37.3 Å². The zero-order valence-corrected chi connectivity index (χ0v) is 12.4. The number of aryl methyl sites for hydroxylation is 1. The van der Waals surface area contributed by atoms with Gasteiger partial charge in [0.2, 0.25) is 0 Å². The van der Waals surface area contributed by atoms with E-state index in [-0.39, 0.29) is 0 Å². The third kappa shape index (κ3) is 3.32. The van der Waals surface area contributed by atoms with Gasteiger partial charge in [0.15, 0.2) is 0 Å². The van der Waals surface area contributed by atoms with Crippen molar-refractivity contribution in [3.63, 3.8) is 0 Å². The molecule has 0 saturated carbocycles. The SMILES string of the molecule is Cc1ccc(C(O)Cc2ccc(Br)s2)c(Cl)c1. The van der Waals surface area contributed by atoms with Crippen molar-refractivity contribution < 1.29 is 5.11 Å². The minimum absolute atomic E-state index is 0.548. The summed E-state index contributed by atoms with van der Waals surface area (Å²) in [6, 6.07) is 9.74. The molecule has 1 atom stereocenters. The molecule has 90 valence electrons. The van der Waals surface area contributed by atoms with Crippen LogP contribution in [-0.4, -0.2) is 5.11 Å². The van der Waals surface area contributed by atoms with Gasteiger partial charge in [-0.15, -0.1) is 11.3 Å². The summed E-state index contributed by atoms with van der Waals surface area (Å²) in [6.45, 7) is 1.98. The van der Waals surface area contributed by atoms with E-state index in [2.05, 4.69) is 15.9 Å². The van der Waals surface area contributed by atoms with E-state index in [1.165, 1.54) is 0 Å². The summed E-state index contributed by atoms with van der Waals surface area (Å²) in [5.41, 5.74) is 1.90. The van der Waals surface area contributed by atoms with Crippen molar-refractivity contribution in [2.24, 2.45) is 0 Å². The molecule has 0 saturated heterocycles. The van der Waals surface area contributed by atoms with Crippen LogP contribution < -0.4 is 0 Å². The number of rotatable bonds is 3. The van der Waals surface area contributed by atoms with Crippen LogP contribution in [0.15, 0.2) is 34.1 Å². The Morgan fingerprint density at radius 1 is 1.35 bits per heavy atom. The van der Waals surface area contributed by atoms with Gasteiger partial charge in [-0.05, 0) is 52.2 Å². The Bertz CT molecular complexity index is 524. The van der Waals surface area contributed by atoms with Crippen molar-refractivity contribution in [2.45, 2.75) is 19.4 Å². The molecule has 0 spiro atoms. The average molecular weight is 332 g/mol. The average Bonchev–Trinajstić information content (AvgIpc) is 2.63. The third-order valence-corrected chi connectivity index (χ3v) is 4.51. The first-order chi connectivity index (χ1) is 8.06. The van der Waals surface area contributed by atoms with Gasteiger partial charge in [-0.25, -0.2) is 0 Å². The second kappa shape index (κ2) is 5.53. The molecule has 0 fully saturated rings. The predicted octanol–water partition coefficient (Wildman–Crippen LogP) is 4.75. The summed E-state index contributed by atoms with van der Waals surface area (Å²) < 4.78 is 1.08. The van der Waals surface area contributed by atoms with Crippen molar-refractivity contribution in [3.05, 3.63) is 55.1 Å². The highest BCUT2D eigenvalue weighted by Crippen LogP contribution is 2.30. The minimum atomic E-state index is -0.548. The molecular formula is C13H12BrClOS. The Morgan fingerprint density at radius 2 is 2.12 bits per heavy atom. The lowest BCUT2D eigenvalue weighted by Gasteiger charge is -2.12. The van der Waals surface area contributed by atoms with Gasteiger partial charge >= 0.3 is 0 Å². The second-order valence-electron chi connectivity index (χ2n) is 3.95. The molecule has 1 nitrogen and oxygen atoms in total. The van der Waals surface area contributed by atoms with E-state index in [4.69, 9.17) is 11.6 Å². The Labute approximate surface area is 118 Å². The maximum atomic E-state index is 10.2. The maximum absolute atomic E-state index is 10.2. The lowest BCUT2D eigenvalue weighted by Crippen LogP contribution is -2.01. The van der Waals surface area contributed by atoms with E-state index in [9.17, 15) is 5.11 Å². The first kappa shape index (κ1) is 13.1. The topological polar surface area (TPSA) is 20.2 Å². The van der Waals surface area contributed by atoms with E-state index in [1.54, 1.807) is 11.3 Å². The van der Waals surface area contributed by atoms with Crippen molar-refractivity contribution in [1.29, 1.82) is 0 Å². The zero-order chi connectivity index (χ0) is 12.4. The van der Waals surface area contributed by atoms with Crippen LogP contribution in [0.5, 0.6) is 0 Å². The fourth-order valence-corrected chi connectivity index (χ4v) is 3.55. The van der Waals surface area contributed by atoms with Crippen LogP contribution in [0.3, 0.4) is 0 Å². The van der Waals surface area contributed by atoms with Gasteiger partial charge in [0.05, 0.1) is 9.89 Å². The molecule has 17 heavy (non-hydrogen) atoms. The van der Waals surface area contributed by atoms with Crippen molar-refractivity contribution in [2.75, 3.05) is 0 Å². The van der Waals surface area contributed by atoms with E-state index in [0.29, 0.717) is 11.4 Å². The molecule has 2 rings (SSSR count). The summed E-state index contributed by atoms with van der Waals surface area (Å²) >= 11 is 11.2. The summed E-state index contributed by atoms with van der Waals surface area (Å²) in [4.78, 5) is 1.14. The molecule has 0 aliphatic heterocycles. The highest BCUT2D eigenvalue weighted by molar-refractivity contribution is 9.11. The minimum Gasteiger partial charge on any atom is -0.388 e. The Morgan fingerprint density at radius 3 is 2.71 bits per heavy atom. The first-order valence-corrected chi connectivity index (χ1v) is 7.23. The van der Waals surface area contributed by atoms with Crippen LogP contribution in [0, 0.1) is 6.92 Å². The number of halogens is 2. The predicted molar refractivity (Wildman–Crippen MR) is 76.9 cm³/mol. The van der Waals surface area contributed by atoms with E-state index in [0.717, 1.165) is 19.8 Å². The van der Waals surface area contributed by atoms with E-state index < -0.39 is 6.10 Å². The highest BCUT2D eigenvalue weighted by atomic mass is 79.9. The molecule has 1 N–H and O–H groups in total. The van der Waals surface area contributed by atoms with Crippen LogP contribution >= 0.6 is 38.9 Å². The molecule has 0 bridgehead atoms. The van der Waals surface area contributed by atoms with Gasteiger partial charge in [-0.2, -0.15) is 0 Å². The van der Waals surface area contributed by atoms with E-state index >= 15 is 0 Å². The lowest BCUT2D eigenvalue weighted by atomic mass is 10.0. The molecule has 0 aliphatic rings. The van der Waals surface area contributed by atoms with Crippen LogP contribution in [0.1, 0.15) is 22.1 Å². The largest absolute Gasteiger partial charge is 0.388 e. The lowest BCUT2D eigenvalue weighted by molar-refractivity contribution is 0.179. The quantitative estimate of drug-likeness (QED) is 0.860. The molecule has 0 aliphatic carbocycles. The number of aliphatic hydroxyl groups is 1. The molecule has 1 aromatic heterocycles. The highest BCUT2D eigenvalue weighted by Gasteiger charge is 2.13. The van der Waals surface area contributed by atoms with Gasteiger partial charge in [-0.1, -0.05) is 23.7 Å². The zero-order valence-electron chi connectivity index (χ0n) is 9.28. The summed E-state index contributed by atoms with van der Waals surface area (Å²) in [7, 11) is 0. The maximum Gasteiger partial charge on any atom is 0.0852 e. The van der Waals surface area contributed by atoms with Crippen LogP contribution in [0.2, 0.25) is 5.02 Å². The van der Waals surface area contributed by atoms with Gasteiger partial charge < -0.3 is 5.11 Å². The Balaban J connectivity index is 2.17. The standard InChI is InChI=1S/C13H12BrClOS/c1-8-2-4-10(11(15)6-8)12(16)7-9-3-5-13(14)17-9/h2-6,12,16H,7H2,1H3. The normalized spacial score (nSPS) is 12.7. The molecule has 2 aromatic rings. The van der Waals surface area contributed by atoms with Crippen molar-refractivity contribution in [3.8, 4) is 0 Å². The molecule has 1 unspecified atom stereocenters. The first-order valence-electron chi connectivity index (χ1n) is 5.24. The van der Waals surface area contributed by atoms with Crippen LogP contribution in [0.4, 0.5) is 0 Å². The summed E-state index contributed by atoms with van der Waals surface area (Å²) in [6.07, 6.45) is 0.0487. The molecular weight excluding hydrogens is 320 g/mol. The molecule has 1 heterocycles. The summed E-state index contributed by atoms with van der Waals surface area (Å²) in [5, 5.41) is 10.8. The van der Waals surface area contributed by atoms with Crippen LogP contribution in [-0.2, 0) is 6.42 Å². The van der Waals surface area contributed by atoms with Gasteiger partial charge in [0.25, 0.3) is 0 Å². The van der Waals surface area contributed by atoms with Gasteiger partial charge in [0.1, 0.15) is 0 Å². The molecule has 1 aromatic carbocycles. The Kier molecular flexibility index (Phi) is 4.26. The molecule has 0 amide bonds. The monoisotopic (exact) mass is 330 g/mol. The van der Waals surface area contributed by atoms with Crippen molar-refractivity contribution in [1.82, 2.24) is 0 Å². The van der Waals surface area contributed by atoms with Crippen LogP contribution in [0.25, 0.3) is 0 Å². The van der Waals surface area contributed by atoms with Gasteiger partial charge in [0, 0.05) is 16.3 Å². The Hall–Kier alpha value is -0.350. The van der Waals surface area contributed by atoms with Crippen molar-refractivity contribution >= 4 is 38.9 Å². The molecule has 0 radical (unpaired) electrons. The fraction of sp³-hybridized carbons (Fsp3) is 0.231. The number of benzene rings is 1. The third-order valence-electron chi connectivity index (χ3n) is 2.54. The number of aliphatic hydroxyl groups excluding tert-OH is 1. The number of hydrogen-bond donors (Lipinski definition) is 1. The summed E-state index contributed by atoms with van der Waals surface area (Å²) in [5.74, 6) is 0. The number of thiophene rings is 1. The smallest absolute Gasteiger partial charge is 0.0852 e. The second-order valence-corrected chi connectivity index (χ2v) is 6.91.